The maximum Gasteiger partial charge on any atom is 0.313 e. The average Bonchev–Trinajstić information content (AvgIpc) is 4.08. The van der Waals surface area contributed by atoms with E-state index in [0.29, 0.717) is 43.1 Å². The van der Waals surface area contributed by atoms with Crippen molar-refractivity contribution in [2.45, 2.75) is 192 Å². The molecule has 9 rings (SSSR count). The number of aliphatic imine (C=N–C) groups is 1. The fraction of sp³-hybridized carbons (Fsp3) is 0.767. The van der Waals surface area contributed by atoms with Crippen molar-refractivity contribution in [1.29, 1.82) is 0 Å². The highest BCUT2D eigenvalue weighted by atomic mass is 16.5. The van der Waals surface area contributed by atoms with Gasteiger partial charge in [0.2, 0.25) is 0 Å². The van der Waals surface area contributed by atoms with Crippen LogP contribution in [0.2, 0.25) is 0 Å². The second kappa shape index (κ2) is 21.3. The van der Waals surface area contributed by atoms with E-state index in [4.69, 9.17) is 16.2 Å². The molecule has 20 unspecified atom stereocenters. The average molecular weight is 1040 g/mol. The van der Waals surface area contributed by atoms with Crippen LogP contribution in [0.5, 0.6) is 0 Å². The first-order valence-electron chi connectivity index (χ1n) is 28.8. The molecule has 1 saturated heterocycles. The largest absolute Gasteiger partial charge is 0.465 e. The van der Waals surface area contributed by atoms with Crippen molar-refractivity contribution in [3.05, 3.63) is 46.9 Å². The van der Waals surface area contributed by atoms with Crippen LogP contribution in [0.4, 0.5) is 0 Å². The Morgan fingerprint density at radius 1 is 1.00 bits per heavy atom. The number of unbranched alkanes of at least 4 members (excludes halogenated alkanes) is 2. The molecule has 1 aromatic rings. The fourth-order valence-electron chi connectivity index (χ4n) is 18.0. The van der Waals surface area contributed by atoms with Crippen molar-refractivity contribution in [3.63, 3.8) is 0 Å². The third kappa shape index (κ3) is 9.34. The number of allylic oxidation sites excluding steroid dienone is 3. The standard InChI is InChI=1S/C60H89N5O10/c1-7-8-9-19-59-29-47(69)46(68)28-56(59,5)44-17-20-58(21-23-64-55(61)62)52-38(27-60(58,74)50(44)51(53(59)71)65-45(31-66)35(4)67)12-10-11-37(43-32-75-54(72)49(43)39-18-22-63-30-39)26-42-40(34(3)25-48(70)57(52,6)73)16-15-36-14-13-33(2)24-41(36)42/h15,18,22,30,33-34,37-38,40-49,52,63,65-66,68-70,73-74H,7-9,12-14,16-17,19-21,23-29,31-32H2,1-6H3,(H4,61,62,64). The molecular formula is C60H89N5O10. The zero-order valence-electron chi connectivity index (χ0n) is 45.5. The minimum absolute atomic E-state index is 0.0114. The van der Waals surface area contributed by atoms with Crippen molar-refractivity contribution in [2.24, 2.45) is 91.9 Å². The molecule has 0 radical (unpaired) electrons. The number of nitrogens with one attached hydrogen (secondary N) is 2. The Hall–Kier alpha value is -4.04. The number of fused-ring (bicyclic) bond motifs is 10. The van der Waals surface area contributed by atoms with Crippen LogP contribution in [-0.2, 0) is 19.1 Å². The highest BCUT2D eigenvalue weighted by molar-refractivity contribution is 6.03. The van der Waals surface area contributed by atoms with E-state index in [1.165, 1.54) is 12.5 Å². The molecule has 7 aliphatic carbocycles. The van der Waals surface area contributed by atoms with Gasteiger partial charge in [0, 0.05) is 53.9 Å². The van der Waals surface area contributed by atoms with Gasteiger partial charge in [-0.3, -0.25) is 19.4 Å². The highest BCUT2D eigenvalue weighted by Crippen LogP contribution is 2.74. The quantitative estimate of drug-likeness (QED) is 0.0284. The molecule has 75 heavy (non-hydrogen) atoms. The maximum atomic E-state index is 16.1. The van der Waals surface area contributed by atoms with Crippen molar-refractivity contribution < 1.29 is 49.8 Å². The van der Waals surface area contributed by atoms with Gasteiger partial charge < -0.3 is 57.1 Å². The first kappa shape index (κ1) is 55.7. The Kier molecular flexibility index (Phi) is 15.8. The van der Waals surface area contributed by atoms with E-state index in [2.05, 4.69) is 54.0 Å². The lowest BCUT2D eigenvalue weighted by Gasteiger charge is -2.66. The van der Waals surface area contributed by atoms with E-state index in [1.807, 2.05) is 25.4 Å². The Morgan fingerprint density at radius 3 is 2.45 bits per heavy atom. The number of nitrogens with zero attached hydrogens (tertiary/aromatic N) is 1. The molecule has 15 heteroatoms. The van der Waals surface area contributed by atoms with Gasteiger partial charge in [-0.05, 0) is 161 Å². The molecule has 1 aromatic heterocycles. The number of aliphatic hydroxyl groups is 6. The van der Waals surface area contributed by atoms with Gasteiger partial charge >= 0.3 is 5.97 Å². The second-order valence-electron chi connectivity index (χ2n) is 25.8. The number of carbonyl (C=O) groups is 3. The second-order valence-corrected chi connectivity index (χ2v) is 25.8. The number of nitrogens with two attached hydrogens (primary N) is 2. The number of cyclic esters (lactones) is 1. The summed E-state index contributed by atoms with van der Waals surface area (Å²) < 4.78 is 5.93. The van der Waals surface area contributed by atoms with E-state index in [9.17, 15) is 40.2 Å². The number of aromatic nitrogens is 1. The summed E-state index contributed by atoms with van der Waals surface area (Å²) in [6, 6.07) is 0.741. The Balaban J connectivity index is 1.25. The van der Waals surface area contributed by atoms with Gasteiger partial charge in [0.25, 0.3) is 0 Å². The number of Topliss-reactive ketones (excluding diaryl/α,β-unsaturated/α-hetero) is 2. The van der Waals surface area contributed by atoms with Gasteiger partial charge in [0.05, 0.1) is 54.3 Å². The molecule has 0 bridgehead atoms. The van der Waals surface area contributed by atoms with Crippen molar-refractivity contribution >= 4 is 23.5 Å². The number of aromatic amines is 1. The zero-order chi connectivity index (χ0) is 54.0. The lowest BCUT2D eigenvalue weighted by atomic mass is 9.39. The molecule has 1 aliphatic heterocycles. The van der Waals surface area contributed by atoms with Gasteiger partial charge in [-0.1, -0.05) is 64.5 Å². The van der Waals surface area contributed by atoms with Crippen LogP contribution in [-0.4, -0.2) is 114 Å². The summed E-state index contributed by atoms with van der Waals surface area (Å²) in [6.45, 7) is 11.4. The molecule has 4 saturated carbocycles. The summed E-state index contributed by atoms with van der Waals surface area (Å²) in [4.78, 5) is 50.9. The Bertz CT molecular complexity index is 2460. The molecule has 5 fully saturated rings. The van der Waals surface area contributed by atoms with Gasteiger partial charge in [-0.2, -0.15) is 0 Å². The summed E-state index contributed by atoms with van der Waals surface area (Å²) in [7, 11) is 0. The van der Waals surface area contributed by atoms with E-state index < -0.39 is 87.9 Å². The maximum absolute atomic E-state index is 16.1. The van der Waals surface area contributed by atoms with Gasteiger partial charge in [0.15, 0.2) is 17.5 Å². The molecule has 0 amide bonds. The first-order valence-corrected chi connectivity index (χ1v) is 28.8. The number of aliphatic hydroxyl groups excluding tert-OH is 4. The van der Waals surface area contributed by atoms with Crippen LogP contribution in [0.25, 0.3) is 0 Å². The zero-order valence-corrected chi connectivity index (χ0v) is 45.5. The summed E-state index contributed by atoms with van der Waals surface area (Å²) in [6.07, 6.45) is 11.6. The Labute approximate surface area is 444 Å². The molecular weight excluding hydrogens is 951 g/mol. The van der Waals surface area contributed by atoms with Crippen LogP contribution in [0.15, 0.2) is 46.4 Å². The summed E-state index contributed by atoms with van der Waals surface area (Å²) in [5.41, 5.74) is 7.63. The molecule has 8 aliphatic rings. The normalized spacial score (nSPS) is 44.0. The minimum Gasteiger partial charge on any atom is -0.465 e. The number of hydrogen-bond donors (Lipinski definition) is 10. The molecule has 20 atom stereocenters. The van der Waals surface area contributed by atoms with Crippen molar-refractivity contribution in [2.75, 3.05) is 19.8 Å². The third-order valence-corrected chi connectivity index (χ3v) is 21.8. The van der Waals surface area contributed by atoms with Crippen LogP contribution in [0, 0.1) is 87.3 Å². The Morgan fingerprint density at radius 2 is 1.76 bits per heavy atom. The van der Waals surface area contributed by atoms with Crippen LogP contribution < -0.4 is 16.8 Å². The van der Waals surface area contributed by atoms with Crippen LogP contribution >= 0.6 is 0 Å². The van der Waals surface area contributed by atoms with Gasteiger partial charge in [-0.25, -0.2) is 0 Å². The van der Waals surface area contributed by atoms with Gasteiger partial charge in [-0.15, -0.1) is 5.92 Å². The topological polar surface area (TPSA) is 274 Å². The van der Waals surface area contributed by atoms with E-state index in [1.54, 1.807) is 6.92 Å². The predicted molar refractivity (Wildman–Crippen MR) is 285 cm³/mol. The SMILES string of the molecule is CCCCCC12CC(O)C(O)CC1(C)C1CCC3(CCN=C(N)N)C4C(CC#CC(C5COC(=O)C5c5cc[nH]c5)CC5C6CC(C)CCC6=CCC5C(C)CC(O)C4(C)O)CC3(O)C1=C(NC(CO)C(C)=O)C2=O. The van der Waals surface area contributed by atoms with E-state index in [-0.39, 0.29) is 105 Å². The molecule has 0 aromatic carbocycles. The molecule has 0 spiro atoms. The summed E-state index contributed by atoms with van der Waals surface area (Å²) in [5, 5.41) is 78.4. The molecule has 414 valence electrons. The monoisotopic (exact) mass is 1040 g/mol. The highest BCUT2D eigenvalue weighted by Gasteiger charge is 2.76. The molecule has 12 N–H and O–H groups in total. The number of hydrogen-bond acceptors (Lipinski definition) is 12. The minimum atomic E-state index is -1.91. The summed E-state index contributed by atoms with van der Waals surface area (Å²) >= 11 is 0. The lowest BCUT2D eigenvalue weighted by molar-refractivity contribution is -0.201. The van der Waals surface area contributed by atoms with Crippen LogP contribution in [0.3, 0.4) is 0 Å². The third-order valence-electron chi connectivity index (χ3n) is 21.8. The number of carbonyl (C=O) groups excluding carboxylic acids is 3. The smallest absolute Gasteiger partial charge is 0.313 e. The number of esters is 1. The number of rotatable bonds is 13. The fourth-order valence-corrected chi connectivity index (χ4v) is 18.0. The van der Waals surface area contributed by atoms with E-state index in [0.717, 1.165) is 50.5 Å². The molecule has 15 nitrogen and oxygen atoms in total. The number of H-pyrrole nitrogens is 1. The number of ether oxygens (including phenoxy) is 1. The molecule has 2 heterocycles. The number of ketones is 2. The van der Waals surface area contributed by atoms with Crippen molar-refractivity contribution in [3.8, 4) is 11.8 Å². The first-order chi connectivity index (χ1) is 35.6. The predicted octanol–water partition coefficient (Wildman–Crippen LogP) is 5.71. The lowest BCUT2D eigenvalue weighted by Crippen LogP contribution is -2.69. The summed E-state index contributed by atoms with van der Waals surface area (Å²) in [5.74, 6) is 4.46. The van der Waals surface area contributed by atoms with Gasteiger partial charge in [0.1, 0.15) is 6.04 Å². The number of guanidine groups is 1. The van der Waals surface area contributed by atoms with Crippen molar-refractivity contribution in [1.82, 2.24) is 10.3 Å². The van der Waals surface area contributed by atoms with Crippen LogP contribution in [0.1, 0.15) is 162 Å². The van der Waals surface area contributed by atoms with E-state index >= 15 is 4.79 Å².